The minimum absolute atomic E-state index is 0.00509. The van der Waals surface area contributed by atoms with Crippen molar-refractivity contribution in [3.05, 3.63) is 92.0 Å². The van der Waals surface area contributed by atoms with Gasteiger partial charge in [-0.25, -0.2) is 0 Å². The van der Waals surface area contributed by atoms with Gasteiger partial charge in [0, 0.05) is 49.5 Å². The normalized spacial score (nSPS) is 11.0. The molecule has 0 radical (unpaired) electrons. The fourth-order valence-electron chi connectivity index (χ4n) is 3.08. The Morgan fingerprint density at radius 2 is 0.971 bits per heavy atom. The molecule has 0 aliphatic carbocycles. The number of nitro benzene ring substituents is 2. The van der Waals surface area contributed by atoms with Gasteiger partial charge in [0.05, 0.1) is 9.85 Å². The molecule has 0 aliphatic heterocycles. The summed E-state index contributed by atoms with van der Waals surface area (Å²) in [6, 6.07) is 11.9. The quantitative estimate of drug-likeness (QED) is 0.177. The van der Waals surface area contributed by atoms with Crippen LogP contribution in [0, 0.1) is 20.2 Å². The molecule has 2 aromatic carbocycles. The predicted octanol–water partition coefficient (Wildman–Crippen LogP) is 4.41. The van der Waals surface area contributed by atoms with Crippen molar-refractivity contribution >= 4 is 35.3 Å². The molecule has 2 aromatic rings. The molecule has 0 unspecified atom stereocenters. The number of nitrogens with zero attached hydrogens (tertiary/aromatic N) is 2. The van der Waals surface area contributed by atoms with E-state index in [0.29, 0.717) is 24.2 Å². The monoisotopic (exact) mass is 480 g/mol. The van der Waals surface area contributed by atoms with Gasteiger partial charge >= 0.3 is 0 Å². The standard InChI is InChI=1S/C25H28N4O6/c30-24(16-10-20-6-12-22(13-7-20)28(32)33)26-18-4-2-1-3-5-19-27-25(31)17-11-21-8-14-23(15-9-21)29(34)35/h6-17H,1-5,18-19H2,(H,26,30)(H,27,31). The Morgan fingerprint density at radius 1 is 0.629 bits per heavy atom. The van der Waals surface area contributed by atoms with E-state index in [0.717, 1.165) is 32.1 Å². The molecule has 0 atom stereocenters. The van der Waals surface area contributed by atoms with E-state index < -0.39 is 9.85 Å². The summed E-state index contributed by atoms with van der Waals surface area (Å²) in [5, 5.41) is 26.9. The summed E-state index contributed by atoms with van der Waals surface area (Å²) in [5.74, 6) is -0.430. The van der Waals surface area contributed by atoms with Crippen LogP contribution in [0.4, 0.5) is 11.4 Å². The highest BCUT2D eigenvalue weighted by molar-refractivity contribution is 5.92. The van der Waals surface area contributed by atoms with E-state index in [-0.39, 0.29) is 23.2 Å². The van der Waals surface area contributed by atoms with E-state index in [1.54, 1.807) is 36.4 Å². The zero-order valence-electron chi connectivity index (χ0n) is 19.2. The van der Waals surface area contributed by atoms with Crippen molar-refractivity contribution in [1.29, 1.82) is 0 Å². The SMILES string of the molecule is O=C(C=Cc1ccc([N+](=O)[O-])cc1)NCCCCCCCNC(=O)C=Cc1ccc([N+](=O)[O-])cc1. The maximum Gasteiger partial charge on any atom is 0.269 e. The van der Waals surface area contributed by atoms with E-state index in [1.807, 2.05) is 0 Å². The number of carbonyl (C=O) groups is 2. The lowest BCUT2D eigenvalue weighted by atomic mass is 10.1. The van der Waals surface area contributed by atoms with Gasteiger partial charge in [0.25, 0.3) is 11.4 Å². The summed E-state index contributed by atoms with van der Waals surface area (Å²) in [7, 11) is 0. The largest absolute Gasteiger partial charge is 0.353 e. The number of rotatable bonds is 14. The van der Waals surface area contributed by atoms with Crippen LogP contribution in [0.5, 0.6) is 0 Å². The number of amides is 2. The van der Waals surface area contributed by atoms with Gasteiger partial charge in [0.1, 0.15) is 0 Å². The average Bonchev–Trinajstić information content (AvgIpc) is 2.85. The molecule has 0 fully saturated rings. The molecule has 0 aromatic heterocycles. The van der Waals surface area contributed by atoms with Crippen LogP contribution in [-0.4, -0.2) is 34.8 Å². The second-order valence-corrected chi connectivity index (χ2v) is 7.71. The Labute approximate surface area is 203 Å². The molecular weight excluding hydrogens is 452 g/mol. The fraction of sp³-hybridized carbons (Fsp3) is 0.280. The molecule has 0 heterocycles. The van der Waals surface area contributed by atoms with Crippen LogP contribution >= 0.6 is 0 Å². The third kappa shape index (κ3) is 10.9. The van der Waals surface area contributed by atoms with E-state index in [4.69, 9.17) is 0 Å². The van der Waals surface area contributed by atoms with Crippen molar-refractivity contribution in [1.82, 2.24) is 10.6 Å². The molecule has 2 N–H and O–H groups in total. The molecule has 0 aliphatic rings. The number of hydrogen-bond acceptors (Lipinski definition) is 6. The van der Waals surface area contributed by atoms with E-state index in [2.05, 4.69) is 10.6 Å². The molecule has 184 valence electrons. The zero-order valence-corrected chi connectivity index (χ0v) is 19.2. The summed E-state index contributed by atoms with van der Waals surface area (Å²) in [5.41, 5.74) is 1.43. The minimum Gasteiger partial charge on any atom is -0.353 e. The first kappa shape index (κ1) is 26.9. The number of non-ortho nitro benzene ring substituents is 2. The third-order valence-corrected chi connectivity index (χ3v) is 5.01. The highest BCUT2D eigenvalue weighted by Crippen LogP contribution is 2.13. The smallest absolute Gasteiger partial charge is 0.269 e. The lowest BCUT2D eigenvalue weighted by Gasteiger charge is -2.04. The minimum atomic E-state index is -0.472. The maximum absolute atomic E-state index is 11.8. The van der Waals surface area contributed by atoms with Crippen LogP contribution in [0.3, 0.4) is 0 Å². The van der Waals surface area contributed by atoms with Gasteiger partial charge in [-0.05, 0) is 60.4 Å². The van der Waals surface area contributed by atoms with E-state index in [1.165, 1.54) is 36.4 Å². The summed E-state index contributed by atoms with van der Waals surface area (Å²) in [4.78, 5) is 44.0. The van der Waals surface area contributed by atoms with Gasteiger partial charge in [-0.3, -0.25) is 29.8 Å². The number of nitrogens with one attached hydrogen (secondary N) is 2. The summed E-state index contributed by atoms with van der Waals surface area (Å²) in [6.45, 7) is 1.13. The number of nitro groups is 2. The van der Waals surface area contributed by atoms with Crippen molar-refractivity contribution in [2.24, 2.45) is 0 Å². The average molecular weight is 481 g/mol. The molecule has 10 nitrogen and oxygen atoms in total. The Balaban J connectivity index is 1.49. The van der Waals surface area contributed by atoms with Crippen LogP contribution in [0.25, 0.3) is 12.2 Å². The lowest BCUT2D eigenvalue weighted by molar-refractivity contribution is -0.385. The predicted molar refractivity (Wildman–Crippen MR) is 133 cm³/mol. The van der Waals surface area contributed by atoms with Gasteiger partial charge in [-0.1, -0.05) is 19.3 Å². The Kier molecular flexibility index (Phi) is 11.3. The number of hydrogen-bond donors (Lipinski definition) is 2. The van der Waals surface area contributed by atoms with Crippen molar-refractivity contribution in [2.75, 3.05) is 13.1 Å². The van der Waals surface area contributed by atoms with E-state index >= 15 is 0 Å². The van der Waals surface area contributed by atoms with Crippen molar-refractivity contribution in [2.45, 2.75) is 32.1 Å². The Morgan fingerprint density at radius 3 is 1.31 bits per heavy atom. The Hall–Kier alpha value is -4.34. The van der Waals surface area contributed by atoms with Crippen LogP contribution in [0.15, 0.2) is 60.7 Å². The summed E-state index contributed by atoms with van der Waals surface area (Å²) >= 11 is 0. The molecule has 0 spiro atoms. The highest BCUT2D eigenvalue weighted by atomic mass is 16.6. The molecule has 2 amide bonds. The first-order chi connectivity index (χ1) is 16.8. The van der Waals surface area contributed by atoms with Crippen molar-refractivity contribution in [3.63, 3.8) is 0 Å². The first-order valence-electron chi connectivity index (χ1n) is 11.3. The maximum atomic E-state index is 11.8. The van der Waals surface area contributed by atoms with Crippen LogP contribution in [-0.2, 0) is 9.59 Å². The highest BCUT2D eigenvalue weighted by Gasteiger charge is 2.04. The molecule has 0 bridgehead atoms. The van der Waals surface area contributed by atoms with Crippen molar-refractivity contribution in [3.8, 4) is 0 Å². The molecule has 0 saturated heterocycles. The van der Waals surface area contributed by atoms with Gasteiger partial charge in [-0.15, -0.1) is 0 Å². The van der Waals surface area contributed by atoms with Crippen LogP contribution < -0.4 is 10.6 Å². The van der Waals surface area contributed by atoms with Gasteiger partial charge in [-0.2, -0.15) is 0 Å². The lowest BCUT2D eigenvalue weighted by Crippen LogP contribution is -2.22. The molecule has 0 saturated carbocycles. The molecular formula is C25H28N4O6. The van der Waals surface area contributed by atoms with Crippen LogP contribution in [0.2, 0.25) is 0 Å². The topological polar surface area (TPSA) is 144 Å². The van der Waals surface area contributed by atoms with Gasteiger partial charge < -0.3 is 10.6 Å². The number of carbonyl (C=O) groups excluding carboxylic acids is 2. The van der Waals surface area contributed by atoms with Crippen molar-refractivity contribution < 1.29 is 19.4 Å². The van der Waals surface area contributed by atoms with Gasteiger partial charge in [0.15, 0.2) is 0 Å². The molecule has 35 heavy (non-hydrogen) atoms. The third-order valence-electron chi connectivity index (χ3n) is 5.01. The second-order valence-electron chi connectivity index (χ2n) is 7.71. The Bertz CT molecular complexity index is 977. The van der Waals surface area contributed by atoms with Gasteiger partial charge in [0.2, 0.25) is 11.8 Å². The zero-order chi connectivity index (χ0) is 25.5. The number of benzene rings is 2. The summed E-state index contributed by atoms with van der Waals surface area (Å²) < 4.78 is 0. The molecule has 2 rings (SSSR count). The second kappa shape index (κ2) is 14.7. The number of unbranched alkanes of at least 4 members (excludes halogenated alkanes) is 4. The first-order valence-corrected chi connectivity index (χ1v) is 11.3. The fourth-order valence-corrected chi connectivity index (χ4v) is 3.08. The summed E-state index contributed by atoms with van der Waals surface area (Å²) in [6.07, 6.45) is 10.6. The van der Waals surface area contributed by atoms with Crippen LogP contribution in [0.1, 0.15) is 43.2 Å². The molecule has 10 heteroatoms. The van der Waals surface area contributed by atoms with E-state index in [9.17, 15) is 29.8 Å².